The number of nitrogens with zero attached hydrogens (tertiary/aromatic N) is 3. The number of thiazole rings is 1. The van der Waals surface area contributed by atoms with Gasteiger partial charge in [-0.1, -0.05) is 76.6 Å². The Kier molecular flexibility index (Phi) is 8.67. The van der Waals surface area contributed by atoms with Gasteiger partial charge in [0.25, 0.3) is 5.91 Å². The van der Waals surface area contributed by atoms with Gasteiger partial charge in [0.2, 0.25) is 5.91 Å². The first-order valence-corrected chi connectivity index (χ1v) is 15.3. The van der Waals surface area contributed by atoms with Gasteiger partial charge in [0.15, 0.2) is 11.2 Å². The molecule has 0 spiro atoms. The van der Waals surface area contributed by atoms with Gasteiger partial charge in [-0.3, -0.25) is 19.3 Å². The van der Waals surface area contributed by atoms with Crippen molar-refractivity contribution >= 4 is 67.9 Å². The minimum atomic E-state index is -1.10. The highest BCUT2D eigenvalue weighted by atomic mass is 79.9. The van der Waals surface area contributed by atoms with E-state index >= 15 is 0 Å². The number of thioether (sulfide) groups is 1. The van der Waals surface area contributed by atoms with Crippen LogP contribution in [0.2, 0.25) is 0 Å². The molecule has 1 fully saturated rings. The number of alkyl halides is 1. The molecule has 0 aliphatic carbocycles. The first-order chi connectivity index (χ1) is 19.4. The summed E-state index contributed by atoms with van der Waals surface area (Å²) in [5.41, 5.74) is 1.53. The van der Waals surface area contributed by atoms with Gasteiger partial charge in [0.1, 0.15) is 23.3 Å². The number of fused-ring (bicyclic) bond motifs is 1. The maximum atomic E-state index is 13.8. The van der Waals surface area contributed by atoms with Crippen LogP contribution in [0.4, 0.5) is 5.13 Å². The van der Waals surface area contributed by atoms with E-state index in [4.69, 9.17) is 9.47 Å². The van der Waals surface area contributed by atoms with E-state index in [9.17, 15) is 19.2 Å². The molecule has 206 valence electrons. The van der Waals surface area contributed by atoms with Gasteiger partial charge < -0.3 is 14.4 Å². The van der Waals surface area contributed by atoms with Crippen LogP contribution in [0.3, 0.4) is 0 Å². The van der Waals surface area contributed by atoms with E-state index in [1.54, 1.807) is 11.6 Å². The van der Waals surface area contributed by atoms with Crippen LogP contribution in [0.25, 0.3) is 0 Å². The number of esters is 2. The molecule has 5 rings (SSSR count). The number of hydrogen-bond donors (Lipinski definition) is 0. The molecule has 3 atom stereocenters. The van der Waals surface area contributed by atoms with Gasteiger partial charge >= 0.3 is 11.9 Å². The molecule has 1 aromatic heterocycles. The van der Waals surface area contributed by atoms with Crippen LogP contribution in [0.5, 0.6) is 0 Å². The molecule has 2 aliphatic heterocycles. The second kappa shape index (κ2) is 12.4. The predicted octanol–water partition coefficient (Wildman–Crippen LogP) is 4.30. The fourth-order valence-corrected chi connectivity index (χ4v) is 6.83. The number of hydrogen-bond acceptors (Lipinski definition) is 9. The lowest BCUT2D eigenvalue weighted by Gasteiger charge is -2.51. The van der Waals surface area contributed by atoms with E-state index in [0.717, 1.165) is 22.9 Å². The monoisotopic (exact) mass is 641 g/mol. The molecule has 0 N–H and O–H groups in total. The molecule has 3 heterocycles. The zero-order chi connectivity index (χ0) is 28.2. The van der Waals surface area contributed by atoms with Crippen molar-refractivity contribution in [1.29, 1.82) is 0 Å². The summed E-state index contributed by atoms with van der Waals surface area (Å²) >= 11 is 5.54. The smallest absolute Gasteiger partial charge is 0.337 e. The van der Waals surface area contributed by atoms with Crippen molar-refractivity contribution in [1.82, 2.24) is 9.88 Å². The number of anilines is 1. The summed E-state index contributed by atoms with van der Waals surface area (Å²) in [5, 5.41) is 0.778. The highest BCUT2D eigenvalue weighted by molar-refractivity contribution is 9.09. The zero-order valence-electron chi connectivity index (χ0n) is 21.2. The van der Waals surface area contributed by atoms with Gasteiger partial charge in [-0.15, -0.1) is 23.1 Å². The van der Waals surface area contributed by atoms with E-state index in [2.05, 4.69) is 20.9 Å². The van der Waals surface area contributed by atoms with Gasteiger partial charge in [-0.05, 0) is 11.1 Å². The molecule has 2 aliphatic rings. The molecule has 2 unspecified atom stereocenters. The van der Waals surface area contributed by atoms with E-state index in [-0.39, 0.29) is 24.0 Å². The third kappa shape index (κ3) is 5.56. The Morgan fingerprint density at radius 3 is 2.27 bits per heavy atom. The summed E-state index contributed by atoms with van der Waals surface area (Å²) in [6, 6.07) is 17.7. The number of ether oxygens (including phenoxy) is 2. The lowest BCUT2D eigenvalue weighted by atomic mass is 10.0. The van der Waals surface area contributed by atoms with Crippen molar-refractivity contribution in [2.75, 3.05) is 16.8 Å². The highest BCUT2D eigenvalue weighted by Crippen LogP contribution is 2.45. The van der Waals surface area contributed by atoms with Gasteiger partial charge in [0, 0.05) is 30.0 Å². The molecule has 3 aromatic rings. The number of carbonyl (C=O) groups is 4. The summed E-state index contributed by atoms with van der Waals surface area (Å²) < 4.78 is 11.4. The molecular formula is C28H24BrN3O6S2. The van der Waals surface area contributed by atoms with Crippen LogP contribution in [-0.2, 0) is 28.7 Å². The minimum absolute atomic E-state index is 0.00231. The summed E-state index contributed by atoms with van der Waals surface area (Å²) in [4.78, 5) is 59.6. The Morgan fingerprint density at radius 1 is 1.07 bits per heavy atom. The highest BCUT2D eigenvalue weighted by Gasteiger charge is 2.57. The summed E-state index contributed by atoms with van der Waals surface area (Å²) in [6.07, 6.45) is 2.18. The fraction of sp³-hybridized carbons (Fsp3) is 0.250. The molecule has 12 heteroatoms. The van der Waals surface area contributed by atoms with Crippen LogP contribution < -0.4 is 4.90 Å². The number of amides is 2. The zero-order valence-corrected chi connectivity index (χ0v) is 24.4. The Bertz CT molecular complexity index is 1380. The van der Waals surface area contributed by atoms with Crippen molar-refractivity contribution in [2.24, 2.45) is 0 Å². The Morgan fingerprint density at radius 2 is 1.73 bits per heavy atom. The summed E-state index contributed by atoms with van der Waals surface area (Å²) in [6.45, 7) is 1.45. The fourth-order valence-electron chi connectivity index (χ4n) is 4.52. The van der Waals surface area contributed by atoms with Gasteiger partial charge in [-0.2, -0.15) is 0 Å². The summed E-state index contributed by atoms with van der Waals surface area (Å²) in [5.74, 6) is -2.12. The number of benzene rings is 2. The van der Waals surface area contributed by atoms with E-state index in [0.29, 0.717) is 10.5 Å². The average Bonchev–Trinajstić information content (AvgIpc) is 3.51. The van der Waals surface area contributed by atoms with Crippen molar-refractivity contribution in [3.8, 4) is 0 Å². The normalized spacial score (nSPS) is 19.8. The third-order valence-corrected chi connectivity index (χ3v) is 8.91. The number of rotatable bonds is 9. The molecule has 40 heavy (non-hydrogen) atoms. The standard InChI is InChI=1S/C28H24BrN3O6S2/c1-17(33)32(28-30-13-15-39-28)21-24(34)31-16-20(26(35)37-14-12-29)23(40-25(21)31)27(36)38-22(18-8-4-2-5-9-18)19-10-6-3-7-11-19/h2-11,13,15-16,21-23,25H,12,14H2,1H3/t21?,23?,25-/m1/s1. The lowest BCUT2D eigenvalue weighted by Crippen LogP contribution is -2.70. The Labute approximate surface area is 247 Å². The SMILES string of the molecule is CC(=O)N(c1nccs1)C1C(=O)N2C=C(C(=O)OCCBr)C(C(=O)OC(c3ccccc3)c3ccccc3)S[C@H]12. The quantitative estimate of drug-likeness (QED) is 0.193. The van der Waals surface area contributed by atoms with Gasteiger partial charge in [-0.25, -0.2) is 9.78 Å². The molecule has 2 aromatic carbocycles. The largest absolute Gasteiger partial charge is 0.461 e. The average molecular weight is 643 g/mol. The van der Waals surface area contributed by atoms with Crippen LogP contribution >= 0.6 is 39.0 Å². The maximum absolute atomic E-state index is 13.8. The van der Waals surface area contributed by atoms with Crippen LogP contribution in [0, 0.1) is 0 Å². The number of β-lactam (4-membered cyclic amide) rings is 1. The minimum Gasteiger partial charge on any atom is -0.461 e. The van der Waals surface area contributed by atoms with Crippen LogP contribution in [-0.4, -0.2) is 62.2 Å². The molecular weight excluding hydrogens is 618 g/mol. The van der Waals surface area contributed by atoms with E-state index < -0.39 is 34.7 Å². The first kappa shape index (κ1) is 28.1. The summed E-state index contributed by atoms with van der Waals surface area (Å²) in [7, 11) is 0. The molecule has 2 amide bonds. The Balaban J connectivity index is 1.47. The molecule has 9 nitrogen and oxygen atoms in total. The number of carbonyl (C=O) groups excluding carboxylic acids is 4. The number of aromatic nitrogens is 1. The van der Waals surface area contributed by atoms with E-state index in [1.807, 2.05) is 60.7 Å². The second-order valence-electron chi connectivity index (χ2n) is 8.85. The lowest BCUT2D eigenvalue weighted by molar-refractivity contribution is -0.149. The van der Waals surface area contributed by atoms with Crippen molar-refractivity contribution in [3.63, 3.8) is 0 Å². The molecule has 0 saturated carbocycles. The van der Waals surface area contributed by atoms with Crippen molar-refractivity contribution in [3.05, 3.63) is 95.1 Å². The van der Waals surface area contributed by atoms with Crippen LogP contribution in [0.1, 0.15) is 24.2 Å². The van der Waals surface area contributed by atoms with Crippen LogP contribution in [0.15, 0.2) is 84.0 Å². The molecule has 0 radical (unpaired) electrons. The van der Waals surface area contributed by atoms with E-state index in [1.165, 1.54) is 34.3 Å². The molecule has 1 saturated heterocycles. The Hall–Kier alpha value is -3.48. The van der Waals surface area contributed by atoms with Gasteiger partial charge in [0.05, 0.1) is 5.57 Å². The maximum Gasteiger partial charge on any atom is 0.337 e. The number of halogens is 1. The third-order valence-electron chi connectivity index (χ3n) is 6.33. The first-order valence-electron chi connectivity index (χ1n) is 12.3. The predicted molar refractivity (Wildman–Crippen MR) is 155 cm³/mol. The van der Waals surface area contributed by atoms with Crippen molar-refractivity contribution < 1.29 is 28.7 Å². The topological polar surface area (TPSA) is 106 Å². The second-order valence-corrected chi connectivity index (χ2v) is 11.7. The molecule has 0 bridgehead atoms. The van der Waals surface area contributed by atoms with Crippen molar-refractivity contribution in [2.45, 2.75) is 29.7 Å².